The molecule has 0 aromatic heterocycles. The number of aromatic hydroxyl groups is 1. The average molecular weight is 405 g/mol. The Morgan fingerprint density at radius 1 is 1.38 bits per heavy atom. The summed E-state index contributed by atoms with van der Waals surface area (Å²) >= 11 is 0. The number of aliphatic imine (C=N–C) groups is 1. The predicted octanol–water partition coefficient (Wildman–Crippen LogP) is 2.48. The molecule has 118 valence electrons. The molecule has 0 saturated heterocycles. The van der Waals surface area contributed by atoms with Crippen LogP contribution in [0.15, 0.2) is 23.2 Å². The first-order valence-electron chi connectivity index (χ1n) is 7.11. The third-order valence-corrected chi connectivity index (χ3v) is 3.29. The predicted molar refractivity (Wildman–Crippen MR) is 95.6 cm³/mol. The van der Waals surface area contributed by atoms with Gasteiger partial charge in [-0.2, -0.15) is 0 Å². The number of phenols is 1. The lowest BCUT2D eigenvalue weighted by Gasteiger charge is -2.11. The van der Waals surface area contributed by atoms with Crippen molar-refractivity contribution in [2.75, 3.05) is 20.2 Å². The number of benzene rings is 1. The molecular formula is C15H24IN3O2. The highest BCUT2D eigenvalue weighted by atomic mass is 127. The molecule has 0 bridgehead atoms. The zero-order chi connectivity index (χ0) is 14.4. The Kier molecular flexibility index (Phi) is 7.63. The summed E-state index contributed by atoms with van der Waals surface area (Å²) in [6.45, 7) is 4.25. The molecule has 1 aromatic rings. The molecular weight excluding hydrogens is 381 g/mol. The average Bonchev–Trinajstić information content (AvgIpc) is 3.27. The van der Waals surface area contributed by atoms with E-state index in [2.05, 4.69) is 15.6 Å². The van der Waals surface area contributed by atoms with E-state index in [4.69, 9.17) is 4.74 Å². The smallest absolute Gasteiger partial charge is 0.191 e. The van der Waals surface area contributed by atoms with Crippen LogP contribution in [0.3, 0.4) is 0 Å². The quantitative estimate of drug-likeness (QED) is 0.387. The Labute approximate surface area is 143 Å². The molecule has 0 heterocycles. The molecule has 0 spiro atoms. The first kappa shape index (κ1) is 17.9. The minimum Gasteiger partial charge on any atom is -0.508 e. The lowest BCUT2D eigenvalue weighted by Crippen LogP contribution is -2.38. The maximum atomic E-state index is 9.84. The molecule has 5 nitrogen and oxygen atoms in total. The van der Waals surface area contributed by atoms with Crippen LogP contribution in [-0.4, -0.2) is 31.3 Å². The van der Waals surface area contributed by atoms with Gasteiger partial charge in [0, 0.05) is 18.7 Å². The van der Waals surface area contributed by atoms with Crippen molar-refractivity contribution >= 4 is 29.9 Å². The summed E-state index contributed by atoms with van der Waals surface area (Å²) in [5, 5.41) is 16.4. The lowest BCUT2D eigenvalue weighted by atomic mass is 10.2. The van der Waals surface area contributed by atoms with E-state index in [9.17, 15) is 5.11 Å². The fourth-order valence-corrected chi connectivity index (χ4v) is 1.88. The second-order valence-corrected chi connectivity index (χ2v) is 5.01. The summed E-state index contributed by atoms with van der Waals surface area (Å²) in [7, 11) is 1.61. The zero-order valence-electron chi connectivity index (χ0n) is 12.6. The van der Waals surface area contributed by atoms with Gasteiger partial charge in [-0.25, -0.2) is 4.99 Å². The number of hydrogen-bond acceptors (Lipinski definition) is 3. The van der Waals surface area contributed by atoms with Gasteiger partial charge in [0.25, 0.3) is 0 Å². The van der Waals surface area contributed by atoms with Gasteiger partial charge in [-0.1, -0.05) is 0 Å². The third-order valence-electron chi connectivity index (χ3n) is 3.29. The van der Waals surface area contributed by atoms with Crippen molar-refractivity contribution in [2.24, 2.45) is 10.9 Å². The number of guanidine groups is 1. The van der Waals surface area contributed by atoms with Crippen LogP contribution in [-0.2, 0) is 6.54 Å². The van der Waals surface area contributed by atoms with E-state index in [1.54, 1.807) is 19.2 Å². The second-order valence-electron chi connectivity index (χ2n) is 5.01. The van der Waals surface area contributed by atoms with Crippen molar-refractivity contribution in [1.29, 1.82) is 0 Å². The summed E-state index contributed by atoms with van der Waals surface area (Å²) in [4.78, 5) is 4.50. The van der Waals surface area contributed by atoms with E-state index >= 15 is 0 Å². The summed E-state index contributed by atoms with van der Waals surface area (Å²) in [5.74, 6) is 2.56. The standard InChI is InChI=1S/C15H23N3O2.HI/c1-3-16-15(17-9-11-4-5-11)18-10-12-8-13(20-2)6-7-14(12)19;/h6-8,11,19H,3-5,9-10H2,1-2H3,(H2,16,17,18);1H. The van der Waals surface area contributed by atoms with Crippen molar-refractivity contribution in [3.8, 4) is 11.5 Å². The molecule has 3 N–H and O–H groups in total. The molecule has 0 unspecified atom stereocenters. The number of nitrogens with one attached hydrogen (secondary N) is 2. The number of nitrogens with zero attached hydrogens (tertiary/aromatic N) is 1. The zero-order valence-corrected chi connectivity index (χ0v) is 14.9. The van der Waals surface area contributed by atoms with E-state index in [1.165, 1.54) is 12.8 Å². The molecule has 1 fully saturated rings. The second kappa shape index (κ2) is 8.96. The van der Waals surface area contributed by atoms with Gasteiger partial charge in [0.15, 0.2) is 5.96 Å². The van der Waals surface area contributed by atoms with Gasteiger partial charge in [-0.3, -0.25) is 0 Å². The first-order chi connectivity index (χ1) is 9.72. The molecule has 6 heteroatoms. The van der Waals surface area contributed by atoms with Crippen LogP contribution in [0.5, 0.6) is 11.5 Å². The van der Waals surface area contributed by atoms with Crippen LogP contribution in [0.4, 0.5) is 0 Å². The Balaban J connectivity index is 0.00000220. The van der Waals surface area contributed by atoms with Crippen molar-refractivity contribution in [3.05, 3.63) is 23.8 Å². The van der Waals surface area contributed by atoms with Crippen LogP contribution in [0.25, 0.3) is 0 Å². The van der Waals surface area contributed by atoms with Gasteiger partial charge < -0.3 is 20.5 Å². The van der Waals surface area contributed by atoms with Crippen LogP contribution >= 0.6 is 24.0 Å². The molecule has 0 aliphatic heterocycles. The highest BCUT2D eigenvalue weighted by Crippen LogP contribution is 2.27. The van der Waals surface area contributed by atoms with Crippen LogP contribution < -0.4 is 15.4 Å². The molecule has 1 aliphatic carbocycles. The summed E-state index contributed by atoms with van der Waals surface area (Å²) < 4.78 is 5.16. The van der Waals surface area contributed by atoms with Gasteiger partial charge in [0.05, 0.1) is 13.7 Å². The Hall–Kier alpha value is -1.18. The SMILES string of the molecule is CCNC(=NCc1cc(OC)ccc1O)NCC1CC1.I. The molecule has 0 radical (unpaired) electrons. The van der Waals surface area contributed by atoms with E-state index in [0.717, 1.165) is 36.3 Å². The van der Waals surface area contributed by atoms with Gasteiger partial charge in [-0.05, 0) is 43.9 Å². The highest BCUT2D eigenvalue weighted by molar-refractivity contribution is 14.0. The van der Waals surface area contributed by atoms with Crippen molar-refractivity contribution in [2.45, 2.75) is 26.3 Å². The maximum absolute atomic E-state index is 9.84. The summed E-state index contributed by atoms with van der Waals surface area (Å²) in [6.07, 6.45) is 2.62. The van der Waals surface area contributed by atoms with Crippen LogP contribution in [0, 0.1) is 5.92 Å². The minimum atomic E-state index is 0. The molecule has 0 atom stereocenters. The number of phenolic OH excluding ortho intramolecular Hbond substituents is 1. The van der Waals surface area contributed by atoms with E-state index in [-0.39, 0.29) is 29.7 Å². The largest absolute Gasteiger partial charge is 0.508 e. The monoisotopic (exact) mass is 405 g/mol. The topological polar surface area (TPSA) is 65.9 Å². The number of hydrogen-bond donors (Lipinski definition) is 3. The van der Waals surface area contributed by atoms with Crippen LogP contribution in [0.2, 0.25) is 0 Å². The molecule has 1 aliphatic rings. The van der Waals surface area contributed by atoms with Crippen molar-refractivity contribution in [1.82, 2.24) is 10.6 Å². The number of methoxy groups -OCH3 is 1. The van der Waals surface area contributed by atoms with Gasteiger partial charge >= 0.3 is 0 Å². The van der Waals surface area contributed by atoms with Gasteiger partial charge in [-0.15, -0.1) is 24.0 Å². The summed E-state index contributed by atoms with van der Waals surface area (Å²) in [6, 6.07) is 5.18. The number of halogens is 1. The normalized spacial score (nSPS) is 14.3. The van der Waals surface area contributed by atoms with Crippen LogP contribution in [0.1, 0.15) is 25.3 Å². The number of rotatable bonds is 6. The van der Waals surface area contributed by atoms with E-state index in [1.807, 2.05) is 13.0 Å². The van der Waals surface area contributed by atoms with Crippen molar-refractivity contribution in [3.63, 3.8) is 0 Å². The van der Waals surface area contributed by atoms with Gasteiger partial charge in [0.1, 0.15) is 11.5 Å². The Morgan fingerprint density at radius 2 is 2.14 bits per heavy atom. The highest BCUT2D eigenvalue weighted by Gasteiger charge is 2.21. The Bertz CT molecular complexity index is 476. The molecule has 1 saturated carbocycles. The minimum absolute atomic E-state index is 0. The molecule has 1 aromatic carbocycles. The number of ether oxygens (including phenoxy) is 1. The van der Waals surface area contributed by atoms with Gasteiger partial charge in [0.2, 0.25) is 0 Å². The van der Waals surface area contributed by atoms with Crippen molar-refractivity contribution < 1.29 is 9.84 Å². The Morgan fingerprint density at radius 3 is 2.76 bits per heavy atom. The lowest BCUT2D eigenvalue weighted by molar-refractivity contribution is 0.411. The van der Waals surface area contributed by atoms with E-state index in [0.29, 0.717) is 6.54 Å². The van der Waals surface area contributed by atoms with E-state index < -0.39 is 0 Å². The first-order valence-corrected chi connectivity index (χ1v) is 7.11. The summed E-state index contributed by atoms with van der Waals surface area (Å²) in [5.41, 5.74) is 0.757. The molecule has 21 heavy (non-hydrogen) atoms. The fraction of sp³-hybridized carbons (Fsp3) is 0.533. The molecule has 2 rings (SSSR count). The fourth-order valence-electron chi connectivity index (χ4n) is 1.88. The third kappa shape index (κ3) is 5.99. The molecule has 0 amide bonds. The maximum Gasteiger partial charge on any atom is 0.191 e.